The third-order valence-electron chi connectivity index (χ3n) is 5.27. The molecule has 0 radical (unpaired) electrons. The van der Waals surface area contributed by atoms with E-state index in [0.29, 0.717) is 5.75 Å². The Morgan fingerprint density at radius 1 is 1.28 bits per heavy atom. The van der Waals surface area contributed by atoms with Crippen LogP contribution in [0, 0.1) is 12.8 Å². The molecule has 2 aromatic rings. The minimum Gasteiger partial charge on any atom is -0.342 e. The van der Waals surface area contributed by atoms with Crippen molar-refractivity contribution in [2.75, 3.05) is 18.8 Å². The predicted octanol–water partition coefficient (Wildman–Crippen LogP) is 4.23. The molecular weight excluding hydrogens is 350 g/mol. The summed E-state index contributed by atoms with van der Waals surface area (Å²) in [5.74, 6) is 2.32. The molecule has 0 bridgehead atoms. The van der Waals surface area contributed by atoms with Gasteiger partial charge >= 0.3 is 0 Å². The molecule has 0 saturated carbocycles. The first-order valence-electron chi connectivity index (χ1n) is 9.31. The fourth-order valence-corrected chi connectivity index (χ4v) is 6.38. The summed E-state index contributed by atoms with van der Waals surface area (Å²) in [6.07, 6.45) is 7.06. The van der Waals surface area contributed by atoms with Crippen LogP contribution in [-0.4, -0.2) is 39.6 Å². The van der Waals surface area contributed by atoms with Gasteiger partial charge in [0.15, 0.2) is 0 Å². The first-order valence-corrected chi connectivity index (χ1v) is 11.1. The molecule has 1 amide bonds. The van der Waals surface area contributed by atoms with Crippen LogP contribution in [0.1, 0.15) is 48.9 Å². The molecular formula is C19H25N3OS2. The summed E-state index contributed by atoms with van der Waals surface area (Å²) >= 11 is 3.44. The van der Waals surface area contributed by atoms with Crippen molar-refractivity contribution in [3.63, 3.8) is 0 Å². The van der Waals surface area contributed by atoms with Gasteiger partial charge in [0, 0.05) is 23.4 Å². The lowest BCUT2D eigenvalue weighted by atomic mass is 9.89. The molecule has 0 N–H and O–H groups in total. The molecule has 6 heteroatoms. The van der Waals surface area contributed by atoms with Gasteiger partial charge in [0.1, 0.15) is 15.7 Å². The summed E-state index contributed by atoms with van der Waals surface area (Å²) in [4.78, 5) is 26.5. The zero-order valence-electron chi connectivity index (χ0n) is 15.0. The van der Waals surface area contributed by atoms with E-state index < -0.39 is 0 Å². The molecule has 0 aromatic carbocycles. The number of thiophene rings is 1. The van der Waals surface area contributed by atoms with E-state index in [1.165, 1.54) is 28.7 Å². The van der Waals surface area contributed by atoms with Gasteiger partial charge in [-0.1, -0.05) is 18.7 Å². The Morgan fingerprint density at radius 3 is 2.88 bits per heavy atom. The number of amides is 1. The number of hydrogen-bond donors (Lipinski definition) is 0. The topological polar surface area (TPSA) is 46.1 Å². The fourth-order valence-electron chi connectivity index (χ4n) is 3.88. The third-order valence-corrected chi connectivity index (χ3v) is 7.38. The van der Waals surface area contributed by atoms with E-state index in [1.54, 1.807) is 11.8 Å². The molecule has 1 fully saturated rings. The Balaban J connectivity index is 1.59. The molecule has 2 aromatic heterocycles. The Labute approximate surface area is 157 Å². The number of carbonyl (C=O) groups excluding carboxylic acids is 1. The van der Waals surface area contributed by atoms with Crippen LogP contribution in [0.25, 0.3) is 10.2 Å². The van der Waals surface area contributed by atoms with Gasteiger partial charge in [-0.25, -0.2) is 9.97 Å². The zero-order valence-corrected chi connectivity index (χ0v) is 16.6. The number of fused-ring (bicyclic) bond motifs is 3. The van der Waals surface area contributed by atoms with Crippen LogP contribution in [0.15, 0.2) is 5.03 Å². The van der Waals surface area contributed by atoms with Crippen LogP contribution in [0.2, 0.25) is 0 Å². The molecule has 4 nitrogen and oxygen atoms in total. The normalized spacial score (nSPS) is 20.7. The van der Waals surface area contributed by atoms with Gasteiger partial charge in [-0.05, 0) is 56.9 Å². The van der Waals surface area contributed by atoms with E-state index >= 15 is 0 Å². The van der Waals surface area contributed by atoms with Gasteiger partial charge in [0.05, 0.1) is 5.75 Å². The molecule has 1 aliphatic heterocycles. The fraction of sp³-hybridized carbons (Fsp3) is 0.632. The molecule has 25 heavy (non-hydrogen) atoms. The molecule has 3 heterocycles. The van der Waals surface area contributed by atoms with Crippen LogP contribution >= 0.6 is 23.1 Å². The Hall–Kier alpha value is -1.14. The van der Waals surface area contributed by atoms with Crippen LogP contribution in [-0.2, 0) is 17.6 Å². The minimum absolute atomic E-state index is 0.256. The van der Waals surface area contributed by atoms with Crippen LogP contribution in [0.5, 0.6) is 0 Å². The summed E-state index contributed by atoms with van der Waals surface area (Å²) < 4.78 is 0. The second-order valence-corrected chi connectivity index (χ2v) is 9.39. The SMILES string of the molecule is Cc1nc(SCC(=O)N2CCCCC2)c2c3c(sc2n1)CC(C)CC3. The molecule has 134 valence electrons. The van der Waals surface area contributed by atoms with Gasteiger partial charge in [0.2, 0.25) is 5.91 Å². The van der Waals surface area contributed by atoms with Gasteiger partial charge < -0.3 is 4.90 Å². The predicted molar refractivity (Wildman–Crippen MR) is 104 cm³/mol. The lowest BCUT2D eigenvalue weighted by molar-refractivity contribution is -0.129. The van der Waals surface area contributed by atoms with Crippen LogP contribution < -0.4 is 0 Å². The number of nitrogens with zero attached hydrogens (tertiary/aromatic N) is 3. The molecule has 4 rings (SSSR count). The van der Waals surface area contributed by atoms with Crippen molar-refractivity contribution in [2.24, 2.45) is 5.92 Å². The first-order chi connectivity index (χ1) is 12.1. The number of carbonyl (C=O) groups is 1. The van der Waals surface area contributed by atoms with Gasteiger partial charge in [0.25, 0.3) is 0 Å². The smallest absolute Gasteiger partial charge is 0.232 e. The standard InChI is InChI=1S/C19H25N3OS2/c1-12-6-7-14-15(10-12)25-19-17(14)18(20-13(2)21-19)24-11-16(23)22-8-4-3-5-9-22/h12H,3-11H2,1-2H3. The van der Waals surface area contributed by atoms with Crippen molar-refractivity contribution in [3.8, 4) is 0 Å². The van der Waals surface area contributed by atoms with Crippen molar-refractivity contribution in [2.45, 2.75) is 57.4 Å². The number of aryl methyl sites for hydroxylation is 2. The maximum absolute atomic E-state index is 12.5. The highest BCUT2D eigenvalue weighted by atomic mass is 32.2. The number of piperidine rings is 1. The van der Waals surface area contributed by atoms with Crippen molar-refractivity contribution < 1.29 is 4.79 Å². The number of aromatic nitrogens is 2. The van der Waals surface area contributed by atoms with Gasteiger partial charge in [-0.3, -0.25) is 4.79 Å². The molecule has 1 unspecified atom stereocenters. The maximum Gasteiger partial charge on any atom is 0.232 e. The molecule has 1 atom stereocenters. The summed E-state index contributed by atoms with van der Waals surface area (Å²) in [6, 6.07) is 0. The Morgan fingerprint density at radius 2 is 2.08 bits per heavy atom. The van der Waals surface area contributed by atoms with E-state index in [9.17, 15) is 4.79 Å². The van der Waals surface area contributed by atoms with E-state index in [2.05, 4.69) is 11.9 Å². The minimum atomic E-state index is 0.256. The average molecular weight is 376 g/mol. The number of rotatable bonds is 3. The first kappa shape index (κ1) is 17.3. The van der Waals surface area contributed by atoms with E-state index in [-0.39, 0.29) is 5.91 Å². The second kappa shape index (κ2) is 7.23. The highest BCUT2D eigenvalue weighted by molar-refractivity contribution is 8.00. The van der Waals surface area contributed by atoms with Crippen molar-refractivity contribution in [1.29, 1.82) is 0 Å². The number of thioether (sulfide) groups is 1. The van der Waals surface area contributed by atoms with E-state index in [4.69, 9.17) is 4.98 Å². The second-order valence-electron chi connectivity index (χ2n) is 7.34. The van der Waals surface area contributed by atoms with Crippen molar-refractivity contribution in [1.82, 2.24) is 14.9 Å². The quantitative estimate of drug-likeness (QED) is 0.595. The van der Waals surface area contributed by atoms with Crippen molar-refractivity contribution >= 4 is 39.2 Å². The van der Waals surface area contributed by atoms with Crippen molar-refractivity contribution in [3.05, 3.63) is 16.3 Å². The van der Waals surface area contributed by atoms with Gasteiger partial charge in [-0.15, -0.1) is 11.3 Å². The summed E-state index contributed by atoms with van der Waals surface area (Å²) in [5, 5.41) is 2.24. The summed E-state index contributed by atoms with van der Waals surface area (Å²) in [6.45, 7) is 6.13. The number of hydrogen-bond acceptors (Lipinski definition) is 5. The zero-order chi connectivity index (χ0) is 17.4. The van der Waals surface area contributed by atoms with Crippen LogP contribution in [0.4, 0.5) is 0 Å². The van der Waals surface area contributed by atoms with Crippen LogP contribution in [0.3, 0.4) is 0 Å². The van der Waals surface area contributed by atoms with E-state index in [0.717, 1.165) is 60.4 Å². The van der Waals surface area contributed by atoms with E-state index in [1.807, 2.05) is 23.2 Å². The lowest BCUT2D eigenvalue weighted by Crippen LogP contribution is -2.36. The number of likely N-dealkylation sites (tertiary alicyclic amines) is 1. The summed E-state index contributed by atoms with van der Waals surface area (Å²) in [5.41, 5.74) is 1.45. The Bertz CT molecular complexity index is 796. The highest BCUT2D eigenvalue weighted by Crippen LogP contribution is 2.40. The largest absolute Gasteiger partial charge is 0.342 e. The highest BCUT2D eigenvalue weighted by Gasteiger charge is 2.24. The molecule has 2 aliphatic rings. The summed E-state index contributed by atoms with van der Waals surface area (Å²) in [7, 11) is 0. The van der Waals surface area contributed by atoms with Gasteiger partial charge in [-0.2, -0.15) is 0 Å². The monoisotopic (exact) mass is 375 g/mol. The molecule has 0 spiro atoms. The Kier molecular flexibility index (Phi) is 5.00. The average Bonchev–Trinajstić information content (AvgIpc) is 2.97. The third kappa shape index (κ3) is 3.56. The molecule has 1 saturated heterocycles. The molecule has 1 aliphatic carbocycles. The lowest BCUT2D eigenvalue weighted by Gasteiger charge is -2.26. The maximum atomic E-state index is 12.5.